The Morgan fingerprint density at radius 2 is 2.06 bits per heavy atom. The van der Waals surface area contributed by atoms with Crippen molar-refractivity contribution in [2.24, 2.45) is 0 Å². The Labute approximate surface area is 205 Å². The van der Waals surface area contributed by atoms with Gasteiger partial charge in [-0.25, -0.2) is 0 Å². The minimum Gasteiger partial charge on any atom is -0.481 e. The average Bonchev–Trinajstić information content (AvgIpc) is 3.13. The van der Waals surface area contributed by atoms with Gasteiger partial charge in [0.05, 0.1) is 6.10 Å². The Morgan fingerprint density at radius 3 is 2.82 bits per heavy atom. The van der Waals surface area contributed by atoms with Crippen LogP contribution < -0.4 is 0 Å². The second-order valence-corrected chi connectivity index (χ2v) is 10.2. The van der Waals surface area contributed by atoms with Crippen molar-refractivity contribution < 1.29 is 19.8 Å². The van der Waals surface area contributed by atoms with Crippen molar-refractivity contribution in [2.45, 2.75) is 57.6 Å². The zero-order valence-corrected chi connectivity index (χ0v) is 20.6. The van der Waals surface area contributed by atoms with Crippen molar-refractivity contribution in [3.8, 4) is 11.1 Å². The molecule has 0 spiro atoms. The maximum Gasteiger partial charge on any atom is 0.303 e. The molecule has 0 aromatic heterocycles. The summed E-state index contributed by atoms with van der Waals surface area (Å²) in [5.74, 6) is 1.01. The largest absolute Gasteiger partial charge is 0.481 e. The zero-order valence-electron chi connectivity index (χ0n) is 19.0. The number of aryl methyl sites for hydroxylation is 1. The van der Waals surface area contributed by atoms with E-state index in [4.69, 9.17) is 16.7 Å². The average molecular weight is 490 g/mol. The number of nitrogens with zero attached hydrogens (tertiary/aromatic N) is 1. The van der Waals surface area contributed by atoms with Gasteiger partial charge < -0.3 is 15.1 Å². The highest BCUT2D eigenvalue weighted by atomic mass is 35.5. The Kier molecular flexibility index (Phi) is 9.65. The van der Waals surface area contributed by atoms with Gasteiger partial charge in [0, 0.05) is 41.8 Å². The first-order chi connectivity index (χ1) is 15.8. The Balaban J connectivity index is 1.52. The van der Waals surface area contributed by atoms with Crippen molar-refractivity contribution in [2.75, 3.05) is 18.1 Å². The van der Waals surface area contributed by atoms with E-state index < -0.39 is 12.1 Å². The van der Waals surface area contributed by atoms with Crippen LogP contribution in [0.5, 0.6) is 0 Å². The maximum atomic E-state index is 12.3. The molecule has 7 heteroatoms. The van der Waals surface area contributed by atoms with Crippen LogP contribution in [0.2, 0.25) is 5.02 Å². The number of benzene rings is 2. The molecule has 2 atom stereocenters. The summed E-state index contributed by atoms with van der Waals surface area (Å²) < 4.78 is 0. The van der Waals surface area contributed by atoms with Gasteiger partial charge in [-0.3, -0.25) is 9.59 Å². The molecule has 3 rings (SSSR count). The fraction of sp³-hybridized carbons (Fsp3) is 0.462. The number of carboxylic acids is 1. The highest BCUT2D eigenvalue weighted by Crippen LogP contribution is 2.32. The summed E-state index contributed by atoms with van der Waals surface area (Å²) in [6, 6.07) is 14.0. The maximum absolute atomic E-state index is 12.3. The molecule has 1 aliphatic rings. The van der Waals surface area contributed by atoms with Crippen LogP contribution in [0.3, 0.4) is 0 Å². The smallest absolute Gasteiger partial charge is 0.303 e. The van der Waals surface area contributed by atoms with Crippen LogP contribution in [0.4, 0.5) is 0 Å². The molecule has 33 heavy (non-hydrogen) atoms. The van der Waals surface area contributed by atoms with Crippen molar-refractivity contribution in [1.82, 2.24) is 4.90 Å². The Morgan fingerprint density at radius 1 is 1.24 bits per heavy atom. The first kappa shape index (κ1) is 25.6. The fourth-order valence-corrected chi connectivity index (χ4v) is 5.50. The molecule has 1 amide bonds. The second-order valence-electron chi connectivity index (χ2n) is 8.59. The molecule has 1 fully saturated rings. The number of thioether (sulfide) groups is 1. The van der Waals surface area contributed by atoms with Crippen LogP contribution >= 0.6 is 23.4 Å². The number of likely N-dealkylation sites (tertiary alicyclic amines) is 1. The van der Waals surface area contributed by atoms with Crippen LogP contribution in [0.25, 0.3) is 11.1 Å². The number of hydrogen-bond acceptors (Lipinski definition) is 4. The number of aliphatic hydroxyl groups excluding tert-OH is 1. The number of hydrogen-bond donors (Lipinski definition) is 2. The molecular formula is C26H32ClNO4S. The zero-order chi connectivity index (χ0) is 23.8. The predicted octanol–water partition coefficient (Wildman–Crippen LogP) is 5.72. The van der Waals surface area contributed by atoms with E-state index in [2.05, 4.69) is 0 Å². The van der Waals surface area contributed by atoms with Crippen molar-refractivity contribution in [3.05, 3.63) is 58.6 Å². The van der Waals surface area contributed by atoms with Gasteiger partial charge in [-0.15, -0.1) is 0 Å². The van der Waals surface area contributed by atoms with Crippen molar-refractivity contribution in [3.63, 3.8) is 0 Å². The second kappa shape index (κ2) is 12.4. The number of aliphatic carboxylic acids is 1. The summed E-state index contributed by atoms with van der Waals surface area (Å²) in [5.41, 5.74) is 3.89. The van der Waals surface area contributed by atoms with E-state index in [1.807, 2.05) is 54.3 Å². The highest BCUT2D eigenvalue weighted by Gasteiger charge is 2.30. The van der Waals surface area contributed by atoms with Gasteiger partial charge in [-0.1, -0.05) is 41.9 Å². The van der Waals surface area contributed by atoms with Gasteiger partial charge in [-0.05, 0) is 67.2 Å². The monoisotopic (exact) mass is 489 g/mol. The molecule has 1 saturated heterocycles. The number of amides is 1. The summed E-state index contributed by atoms with van der Waals surface area (Å²) in [4.78, 5) is 24.9. The predicted molar refractivity (Wildman–Crippen MR) is 135 cm³/mol. The van der Waals surface area contributed by atoms with E-state index in [1.54, 1.807) is 11.8 Å². The van der Waals surface area contributed by atoms with Crippen LogP contribution in [0.15, 0.2) is 42.5 Å². The van der Waals surface area contributed by atoms with Gasteiger partial charge in [0.2, 0.25) is 5.91 Å². The van der Waals surface area contributed by atoms with E-state index in [0.29, 0.717) is 30.8 Å². The van der Waals surface area contributed by atoms with E-state index in [1.165, 1.54) is 0 Å². The standard InChI is InChI=1S/C26H32ClNO4S/c1-18-7-10-22(23(27)16-18)19-4-2-5-20(17-19)24(29)11-8-21-9-12-25(30)28(21)13-15-33-14-3-6-26(31)32/h2,4-5,7,10,16-17,21,24,29H,3,6,8-9,11-15H2,1H3,(H,31,32)/t21-,24+/m0/s1. The van der Waals surface area contributed by atoms with E-state index in [9.17, 15) is 14.7 Å². The third-order valence-corrected chi connectivity index (χ3v) is 7.45. The first-order valence-corrected chi connectivity index (χ1v) is 13.0. The van der Waals surface area contributed by atoms with Gasteiger partial charge in [-0.2, -0.15) is 11.8 Å². The minimum absolute atomic E-state index is 0.154. The number of carboxylic acid groups (broad SMARTS) is 1. The number of rotatable bonds is 12. The van der Waals surface area contributed by atoms with Crippen LogP contribution in [0.1, 0.15) is 55.8 Å². The van der Waals surface area contributed by atoms with Gasteiger partial charge in [0.25, 0.3) is 0 Å². The topological polar surface area (TPSA) is 77.8 Å². The summed E-state index contributed by atoms with van der Waals surface area (Å²) in [5, 5.41) is 20.2. The molecule has 0 radical (unpaired) electrons. The Bertz CT molecular complexity index is 967. The van der Waals surface area contributed by atoms with Gasteiger partial charge >= 0.3 is 5.97 Å². The number of carbonyl (C=O) groups is 2. The summed E-state index contributed by atoms with van der Waals surface area (Å²) in [7, 11) is 0. The molecule has 2 aromatic carbocycles. The number of aliphatic hydroxyl groups is 1. The van der Waals surface area contributed by atoms with Gasteiger partial charge in [0.15, 0.2) is 0 Å². The quantitative estimate of drug-likeness (QED) is 0.373. The Hall–Kier alpha value is -2.02. The lowest BCUT2D eigenvalue weighted by molar-refractivity contribution is -0.137. The summed E-state index contributed by atoms with van der Waals surface area (Å²) in [6.07, 6.45) is 2.97. The minimum atomic E-state index is -0.767. The molecule has 2 N–H and O–H groups in total. The molecule has 1 aliphatic heterocycles. The van der Waals surface area contributed by atoms with E-state index in [-0.39, 0.29) is 18.4 Å². The molecular weight excluding hydrogens is 458 g/mol. The molecule has 2 aromatic rings. The molecule has 5 nitrogen and oxygen atoms in total. The number of halogens is 1. The molecule has 178 valence electrons. The number of carbonyl (C=O) groups excluding carboxylic acids is 1. The van der Waals surface area contributed by atoms with E-state index >= 15 is 0 Å². The lowest BCUT2D eigenvalue weighted by Gasteiger charge is -2.25. The molecule has 0 bridgehead atoms. The third kappa shape index (κ3) is 7.49. The first-order valence-electron chi connectivity index (χ1n) is 11.5. The fourth-order valence-electron chi connectivity index (χ4n) is 4.28. The van der Waals surface area contributed by atoms with Crippen LogP contribution in [-0.2, 0) is 9.59 Å². The van der Waals surface area contributed by atoms with E-state index in [0.717, 1.165) is 46.6 Å². The lowest BCUT2D eigenvalue weighted by atomic mass is 9.96. The van der Waals surface area contributed by atoms with Crippen LogP contribution in [0, 0.1) is 6.92 Å². The van der Waals surface area contributed by atoms with Crippen molar-refractivity contribution in [1.29, 1.82) is 0 Å². The molecule has 1 heterocycles. The SMILES string of the molecule is Cc1ccc(-c2cccc([C@H](O)CC[C@H]3CCC(=O)N3CCSCCCC(=O)O)c2)c(Cl)c1. The molecule has 0 saturated carbocycles. The normalized spacial score (nSPS) is 16.9. The van der Waals surface area contributed by atoms with Crippen LogP contribution in [-0.4, -0.2) is 51.1 Å². The summed E-state index contributed by atoms with van der Waals surface area (Å²) in [6.45, 7) is 2.68. The molecule has 0 unspecified atom stereocenters. The highest BCUT2D eigenvalue weighted by molar-refractivity contribution is 7.99. The van der Waals surface area contributed by atoms with Gasteiger partial charge in [0.1, 0.15) is 0 Å². The lowest BCUT2D eigenvalue weighted by Crippen LogP contribution is -2.35. The third-order valence-electron chi connectivity index (χ3n) is 6.09. The summed E-state index contributed by atoms with van der Waals surface area (Å²) >= 11 is 8.12. The molecule has 0 aliphatic carbocycles. The van der Waals surface area contributed by atoms with Crippen molar-refractivity contribution >= 4 is 35.2 Å².